The molecule has 0 heterocycles. The molecule has 88 valence electrons. The molecule has 0 saturated heterocycles. The molecule has 1 aliphatic rings. The van der Waals surface area contributed by atoms with E-state index in [9.17, 15) is 13.2 Å². The van der Waals surface area contributed by atoms with Crippen molar-refractivity contribution in [3.63, 3.8) is 0 Å². The van der Waals surface area contributed by atoms with Crippen molar-refractivity contribution in [3.8, 4) is 0 Å². The Hall–Kier alpha value is -0.620. The van der Waals surface area contributed by atoms with E-state index in [2.05, 4.69) is 4.72 Å². The summed E-state index contributed by atoms with van der Waals surface area (Å²) in [7, 11) is -3.12. The Morgan fingerprint density at radius 3 is 2.60 bits per heavy atom. The van der Waals surface area contributed by atoms with Crippen molar-refractivity contribution in [1.82, 2.24) is 4.72 Å². The Balaban J connectivity index is 2.21. The van der Waals surface area contributed by atoms with Gasteiger partial charge in [-0.1, -0.05) is 6.92 Å². The zero-order valence-corrected chi connectivity index (χ0v) is 9.59. The highest BCUT2D eigenvalue weighted by molar-refractivity contribution is 7.90. The third-order valence-corrected chi connectivity index (χ3v) is 4.37. The minimum Gasteiger partial charge on any atom is -0.481 e. The molecule has 1 unspecified atom stereocenters. The Morgan fingerprint density at radius 1 is 1.53 bits per heavy atom. The second kappa shape index (κ2) is 4.94. The standard InChI is InChI=1S/C9H17NO4S/c1-7(2-5-9(11)12)6-10-15(13,14)8-3-4-8/h7-8,10H,2-6H2,1H3,(H,11,12). The van der Waals surface area contributed by atoms with Gasteiger partial charge in [0.2, 0.25) is 10.0 Å². The van der Waals surface area contributed by atoms with Gasteiger partial charge in [-0.05, 0) is 25.2 Å². The predicted octanol–water partition coefficient (Wildman–Crippen LogP) is 0.569. The molecule has 15 heavy (non-hydrogen) atoms. The van der Waals surface area contributed by atoms with Crippen molar-refractivity contribution in [1.29, 1.82) is 0 Å². The fraction of sp³-hybridized carbons (Fsp3) is 0.889. The zero-order chi connectivity index (χ0) is 11.5. The van der Waals surface area contributed by atoms with E-state index in [1.165, 1.54) is 0 Å². The maximum atomic E-state index is 11.4. The van der Waals surface area contributed by atoms with Crippen LogP contribution in [0.4, 0.5) is 0 Å². The largest absolute Gasteiger partial charge is 0.481 e. The van der Waals surface area contributed by atoms with Crippen molar-refractivity contribution in [3.05, 3.63) is 0 Å². The molecule has 1 saturated carbocycles. The van der Waals surface area contributed by atoms with Crippen LogP contribution in [0, 0.1) is 5.92 Å². The number of hydrogen-bond acceptors (Lipinski definition) is 3. The van der Waals surface area contributed by atoms with E-state index in [0.29, 0.717) is 13.0 Å². The molecular weight excluding hydrogens is 218 g/mol. The van der Waals surface area contributed by atoms with Gasteiger partial charge in [-0.15, -0.1) is 0 Å². The molecule has 1 atom stereocenters. The Morgan fingerprint density at radius 2 is 2.13 bits per heavy atom. The summed E-state index contributed by atoms with van der Waals surface area (Å²) in [5.74, 6) is -0.776. The second-order valence-corrected chi connectivity index (χ2v) is 6.18. The third kappa shape index (κ3) is 4.61. The molecule has 0 aromatic carbocycles. The molecule has 2 N–H and O–H groups in total. The lowest BCUT2D eigenvalue weighted by Crippen LogP contribution is -2.31. The van der Waals surface area contributed by atoms with Gasteiger partial charge in [0.1, 0.15) is 0 Å². The van der Waals surface area contributed by atoms with Crippen molar-refractivity contribution in [2.75, 3.05) is 6.54 Å². The molecule has 0 spiro atoms. The Bertz CT molecular complexity index is 321. The van der Waals surface area contributed by atoms with Crippen molar-refractivity contribution >= 4 is 16.0 Å². The van der Waals surface area contributed by atoms with Gasteiger partial charge in [-0.3, -0.25) is 4.79 Å². The Kier molecular flexibility index (Phi) is 4.10. The van der Waals surface area contributed by atoms with Crippen LogP contribution in [0.25, 0.3) is 0 Å². The normalized spacial score (nSPS) is 18.7. The molecule has 1 rings (SSSR count). The molecule has 1 aliphatic carbocycles. The fourth-order valence-electron chi connectivity index (χ4n) is 1.23. The summed E-state index contributed by atoms with van der Waals surface area (Å²) in [5.41, 5.74) is 0. The van der Waals surface area contributed by atoms with Gasteiger partial charge >= 0.3 is 5.97 Å². The first-order valence-electron chi connectivity index (χ1n) is 5.12. The highest BCUT2D eigenvalue weighted by atomic mass is 32.2. The molecule has 0 aromatic rings. The second-order valence-electron chi connectivity index (χ2n) is 4.13. The molecule has 0 aromatic heterocycles. The maximum Gasteiger partial charge on any atom is 0.303 e. The lowest BCUT2D eigenvalue weighted by molar-refractivity contribution is -0.137. The smallest absolute Gasteiger partial charge is 0.303 e. The van der Waals surface area contributed by atoms with Gasteiger partial charge in [-0.25, -0.2) is 13.1 Å². The van der Waals surface area contributed by atoms with Crippen LogP contribution in [0.1, 0.15) is 32.6 Å². The molecule has 0 radical (unpaired) electrons. The van der Waals surface area contributed by atoms with Crippen molar-refractivity contribution in [2.24, 2.45) is 5.92 Å². The van der Waals surface area contributed by atoms with Gasteiger partial charge in [0.25, 0.3) is 0 Å². The van der Waals surface area contributed by atoms with E-state index >= 15 is 0 Å². The topological polar surface area (TPSA) is 83.5 Å². The average Bonchev–Trinajstić information content (AvgIpc) is 2.94. The summed E-state index contributed by atoms with van der Waals surface area (Å²) in [6.45, 7) is 2.18. The van der Waals surface area contributed by atoms with Crippen molar-refractivity contribution < 1.29 is 18.3 Å². The van der Waals surface area contributed by atoms with Crippen molar-refractivity contribution in [2.45, 2.75) is 37.9 Å². The molecular formula is C9H17NO4S. The summed E-state index contributed by atoms with van der Waals surface area (Å²) >= 11 is 0. The third-order valence-electron chi connectivity index (χ3n) is 2.45. The van der Waals surface area contributed by atoms with Crippen LogP contribution < -0.4 is 4.72 Å². The number of hydrogen-bond donors (Lipinski definition) is 2. The average molecular weight is 235 g/mol. The molecule has 6 heteroatoms. The monoisotopic (exact) mass is 235 g/mol. The van der Waals surface area contributed by atoms with E-state index in [4.69, 9.17) is 5.11 Å². The summed E-state index contributed by atoms with van der Waals surface area (Å²) in [6.07, 6.45) is 2.09. The van der Waals surface area contributed by atoms with Crippen LogP contribution in [-0.4, -0.2) is 31.3 Å². The summed E-state index contributed by atoms with van der Waals surface area (Å²) in [5, 5.41) is 8.25. The lowest BCUT2D eigenvalue weighted by atomic mass is 10.1. The Labute approximate surface area is 89.9 Å². The van der Waals surface area contributed by atoms with E-state index in [1.54, 1.807) is 0 Å². The van der Waals surface area contributed by atoms with Crippen LogP contribution in [0.5, 0.6) is 0 Å². The fourth-order valence-corrected chi connectivity index (χ4v) is 2.74. The van der Waals surface area contributed by atoms with Crippen LogP contribution in [0.2, 0.25) is 0 Å². The number of carboxylic acid groups (broad SMARTS) is 1. The maximum absolute atomic E-state index is 11.4. The summed E-state index contributed by atoms with van der Waals surface area (Å²) in [6, 6.07) is 0. The lowest BCUT2D eigenvalue weighted by Gasteiger charge is -2.11. The summed E-state index contributed by atoms with van der Waals surface area (Å²) < 4.78 is 25.3. The van der Waals surface area contributed by atoms with E-state index in [1.807, 2.05) is 6.92 Å². The minimum absolute atomic E-state index is 0.0645. The highest BCUT2D eigenvalue weighted by Crippen LogP contribution is 2.27. The first-order valence-corrected chi connectivity index (χ1v) is 6.66. The molecule has 0 aliphatic heterocycles. The van der Waals surface area contributed by atoms with E-state index < -0.39 is 16.0 Å². The van der Waals surface area contributed by atoms with Gasteiger partial charge < -0.3 is 5.11 Å². The number of carbonyl (C=O) groups is 1. The van der Waals surface area contributed by atoms with Crippen LogP contribution in [-0.2, 0) is 14.8 Å². The number of nitrogens with one attached hydrogen (secondary N) is 1. The SMILES string of the molecule is CC(CCC(=O)O)CNS(=O)(=O)C1CC1. The van der Waals surface area contributed by atoms with Gasteiger partial charge in [0.05, 0.1) is 5.25 Å². The molecule has 0 bridgehead atoms. The first-order chi connectivity index (χ1) is 6.92. The first kappa shape index (κ1) is 12.4. The molecule has 0 amide bonds. The van der Waals surface area contributed by atoms with Gasteiger partial charge in [0.15, 0.2) is 0 Å². The minimum atomic E-state index is -3.12. The van der Waals surface area contributed by atoms with E-state index in [-0.39, 0.29) is 17.6 Å². The number of sulfonamides is 1. The zero-order valence-electron chi connectivity index (χ0n) is 8.77. The van der Waals surface area contributed by atoms with Crippen LogP contribution in [0.15, 0.2) is 0 Å². The van der Waals surface area contributed by atoms with Crippen LogP contribution in [0.3, 0.4) is 0 Å². The van der Waals surface area contributed by atoms with Gasteiger partial charge in [0, 0.05) is 13.0 Å². The number of carboxylic acids is 1. The molecule has 1 fully saturated rings. The number of rotatable bonds is 7. The van der Waals surface area contributed by atoms with Gasteiger partial charge in [-0.2, -0.15) is 0 Å². The van der Waals surface area contributed by atoms with E-state index in [0.717, 1.165) is 12.8 Å². The molecule has 5 nitrogen and oxygen atoms in total. The predicted molar refractivity (Wildman–Crippen MR) is 56.0 cm³/mol. The summed E-state index contributed by atoms with van der Waals surface area (Å²) in [4.78, 5) is 10.3. The highest BCUT2D eigenvalue weighted by Gasteiger charge is 2.35. The van der Waals surface area contributed by atoms with Crippen LogP contribution >= 0.6 is 0 Å². The quantitative estimate of drug-likeness (QED) is 0.675. The number of aliphatic carboxylic acids is 1.